The second-order valence-electron chi connectivity index (χ2n) is 6.49. The molecule has 0 saturated carbocycles. The number of esters is 1. The van der Waals surface area contributed by atoms with Crippen molar-refractivity contribution < 1.29 is 18.7 Å². The maximum Gasteiger partial charge on any atom is 0.328 e. The van der Waals surface area contributed by atoms with Gasteiger partial charge < -0.3 is 15.8 Å². The van der Waals surface area contributed by atoms with Crippen molar-refractivity contribution in [1.82, 2.24) is 5.32 Å². The molecule has 2 aromatic carbocycles. The highest BCUT2D eigenvalue weighted by Crippen LogP contribution is 2.13. The third kappa shape index (κ3) is 6.40. The number of rotatable bonds is 8. The molecule has 2 aromatic rings. The molecule has 0 aliphatic carbocycles. The van der Waals surface area contributed by atoms with E-state index < -0.39 is 12.0 Å². The molecule has 0 saturated heterocycles. The molecule has 3 N–H and O–H groups in total. The molecule has 0 spiro atoms. The highest BCUT2D eigenvalue weighted by Gasteiger charge is 2.25. The minimum absolute atomic E-state index is 0.218. The molecule has 2 atom stereocenters. The monoisotopic (exact) mass is 372 g/mol. The van der Waals surface area contributed by atoms with Crippen molar-refractivity contribution in [3.63, 3.8) is 0 Å². The Balaban J connectivity index is 2.03. The van der Waals surface area contributed by atoms with Crippen molar-refractivity contribution in [3.8, 4) is 0 Å². The number of nitrogen functional groups attached to an aromatic ring is 1. The van der Waals surface area contributed by atoms with E-state index in [0.29, 0.717) is 12.1 Å². The van der Waals surface area contributed by atoms with Crippen molar-refractivity contribution in [2.75, 3.05) is 12.3 Å². The summed E-state index contributed by atoms with van der Waals surface area (Å²) in [4.78, 5) is 24.8. The van der Waals surface area contributed by atoms with Crippen molar-refractivity contribution >= 4 is 17.6 Å². The second-order valence-corrected chi connectivity index (χ2v) is 6.49. The lowest BCUT2D eigenvalue weighted by atomic mass is 9.99. The zero-order chi connectivity index (χ0) is 19.8. The number of nitrogens with one attached hydrogen (secondary N) is 1. The Morgan fingerprint density at radius 1 is 1.04 bits per heavy atom. The van der Waals surface area contributed by atoms with Crippen LogP contribution in [-0.2, 0) is 27.2 Å². The minimum Gasteiger partial charge on any atom is -0.464 e. The largest absolute Gasteiger partial charge is 0.464 e. The normalized spacial score (nSPS) is 12.9. The number of carbonyl (C=O) groups is 2. The van der Waals surface area contributed by atoms with Gasteiger partial charge >= 0.3 is 5.97 Å². The van der Waals surface area contributed by atoms with Crippen LogP contribution in [0.5, 0.6) is 0 Å². The van der Waals surface area contributed by atoms with Crippen LogP contribution >= 0.6 is 0 Å². The zero-order valence-corrected chi connectivity index (χ0v) is 15.6. The molecule has 0 heterocycles. The first-order chi connectivity index (χ1) is 12.9. The van der Waals surface area contributed by atoms with E-state index in [1.807, 2.05) is 12.1 Å². The summed E-state index contributed by atoms with van der Waals surface area (Å²) in [6.07, 6.45) is 0.762. The Labute approximate surface area is 158 Å². The van der Waals surface area contributed by atoms with E-state index in [1.54, 1.807) is 38.1 Å². The molecule has 6 heteroatoms. The molecular weight excluding hydrogens is 347 g/mol. The first kappa shape index (κ1) is 20.4. The number of anilines is 1. The van der Waals surface area contributed by atoms with Gasteiger partial charge in [0.05, 0.1) is 6.61 Å². The van der Waals surface area contributed by atoms with Gasteiger partial charge in [0.1, 0.15) is 11.9 Å². The molecule has 0 radical (unpaired) electrons. The van der Waals surface area contributed by atoms with Gasteiger partial charge in [0.15, 0.2) is 0 Å². The van der Waals surface area contributed by atoms with E-state index in [1.165, 1.54) is 12.1 Å². The lowest BCUT2D eigenvalue weighted by molar-refractivity contribution is -0.147. The number of ether oxygens (including phenoxy) is 1. The van der Waals surface area contributed by atoms with Gasteiger partial charge in [-0.3, -0.25) is 4.79 Å². The maximum atomic E-state index is 13.1. The van der Waals surface area contributed by atoms with Gasteiger partial charge in [0.2, 0.25) is 5.91 Å². The average Bonchev–Trinajstić information content (AvgIpc) is 2.65. The molecule has 0 aliphatic heterocycles. The van der Waals surface area contributed by atoms with Crippen LogP contribution in [0, 0.1) is 11.7 Å². The van der Waals surface area contributed by atoms with Crippen LogP contribution in [0.1, 0.15) is 25.0 Å². The van der Waals surface area contributed by atoms with E-state index in [2.05, 4.69) is 5.32 Å². The number of halogens is 1. The molecular formula is C21H25FN2O3. The predicted octanol–water partition coefficient (Wildman–Crippen LogP) is 2.88. The van der Waals surface area contributed by atoms with E-state index in [9.17, 15) is 14.0 Å². The number of hydrogen-bond acceptors (Lipinski definition) is 4. The number of carbonyl (C=O) groups excluding carboxylic acids is 2. The minimum atomic E-state index is -0.822. The number of nitrogens with two attached hydrogens (primary N) is 1. The van der Waals surface area contributed by atoms with Crippen molar-refractivity contribution in [1.29, 1.82) is 0 Å². The number of amides is 1. The zero-order valence-electron chi connectivity index (χ0n) is 15.6. The van der Waals surface area contributed by atoms with Gasteiger partial charge in [0, 0.05) is 18.0 Å². The topological polar surface area (TPSA) is 81.4 Å². The smallest absolute Gasteiger partial charge is 0.328 e. The number of hydrogen-bond donors (Lipinski definition) is 2. The Morgan fingerprint density at radius 2 is 1.59 bits per heavy atom. The van der Waals surface area contributed by atoms with Crippen LogP contribution in [0.4, 0.5) is 10.1 Å². The summed E-state index contributed by atoms with van der Waals surface area (Å²) in [7, 11) is 0. The van der Waals surface area contributed by atoms with Crippen LogP contribution in [0.2, 0.25) is 0 Å². The molecule has 0 aliphatic rings. The highest BCUT2D eigenvalue weighted by atomic mass is 19.1. The quantitative estimate of drug-likeness (QED) is 0.551. The van der Waals surface area contributed by atoms with Crippen molar-refractivity contribution in [3.05, 3.63) is 65.5 Å². The molecule has 0 aromatic heterocycles. The molecule has 5 nitrogen and oxygen atoms in total. The first-order valence-electron chi connectivity index (χ1n) is 8.95. The molecule has 0 bridgehead atoms. The Bertz CT molecular complexity index is 760. The lowest BCUT2D eigenvalue weighted by Crippen LogP contribution is -2.45. The van der Waals surface area contributed by atoms with Gasteiger partial charge in [-0.15, -0.1) is 0 Å². The third-order valence-electron chi connectivity index (χ3n) is 4.21. The summed E-state index contributed by atoms with van der Waals surface area (Å²) < 4.78 is 18.2. The third-order valence-corrected chi connectivity index (χ3v) is 4.21. The van der Waals surface area contributed by atoms with Gasteiger partial charge in [0.25, 0.3) is 0 Å². The van der Waals surface area contributed by atoms with Crippen LogP contribution in [0.3, 0.4) is 0 Å². The van der Waals surface area contributed by atoms with Crippen LogP contribution in [-0.4, -0.2) is 24.5 Å². The lowest BCUT2D eigenvalue weighted by Gasteiger charge is -2.20. The van der Waals surface area contributed by atoms with Gasteiger partial charge in [-0.05, 0) is 48.7 Å². The van der Waals surface area contributed by atoms with Crippen molar-refractivity contribution in [2.45, 2.75) is 32.7 Å². The van der Waals surface area contributed by atoms with Crippen LogP contribution in [0.15, 0.2) is 48.5 Å². The van der Waals surface area contributed by atoms with Gasteiger partial charge in [-0.25, -0.2) is 9.18 Å². The van der Waals surface area contributed by atoms with E-state index in [0.717, 1.165) is 11.1 Å². The predicted molar refractivity (Wildman–Crippen MR) is 102 cm³/mol. The highest BCUT2D eigenvalue weighted by molar-refractivity contribution is 5.86. The fourth-order valence-corrected chi connectivity index (χ4v) is 2.71. The summed E-state index contributed by atoms with van der Waals surface area (Å²) in [5, 5.41) is 2.76. The van der Waals surface area contributed by atoms with E-state index >= 15 is 0 Å². The number of benzene rings is 2. The summed E-state index contributed by atoms with van der Waals surface area (Å²) in [5.74, 6) is -1.44. The molecule has 0 unspecified atom stereocenters. The summed E-state index contributed by atoms with van der Waals surface area (Å²) >= 11 is 0. The molecule has 27 heavy (non-hydrogen) atoms. The van der Waals surface area contributed by atoms with E-state index in [4.69, 9.17) is 10.5 Å². The molecule has 0 fully saturated rings. The second kappa shape index (κ2) is 9.71. The van der Waals surface area contributed by atoms with Crippen molar-refractivity contribution in [2.24, 2.45) is 5.92 Å². The van der Waals surface area contributed by atoms with Crippen LogP contribution in [0.25, 0.3) is 0 Å². The standard InChI is InChI=1S/C21H25FN2O3/c1-3-27-21(26)19(13-16-4-8-17(22)9-5-16)24-20(25)14(2)12-15-6-10-18(23)11-7-15/h4-11,14,19H,3,12-13,23H2,1-2H3,(H,24,25)/t14-,19-/m0/s1. The summed E-state index contributed by atoms with van der Waals surface area (Å²) in [6, 6.07) is 12.3. The summed E-state index contributed by atoms with van der Waals surface area (Å²) in [6.45, 7) is 3.72. The Kier molecular flexibility index (Phi) is 7.34. The Hall–Kier alpha value is -2.89. The Morgan fingerprint density at radius 3 is 2.19 bits per heavy atom. The molecule has 2 rings (SSSR count). The van der Waals surface area contributed by atoms with Gasteiger partial charge in [-0.2, -0.15) is 0 Å². The maximum absolute atomic E-state index is 13.1. The van der Waals surface area contributed by atoms with E-state index in [-0.39, 0.29) is 30.7 Å². The average molecular weight is 372 g/mol. The first-order valence-corrected chi connectivity index (χ1v) is 8.95. The van der Waals surface area contributed by atoms with Crippen LogP contribution < -0.4 is 11.1 Å². The molecule has 1 amide bonds. The fraction of sp³-hybridized carbons (Fsp3) is 0.333. The van der Waals surface area contributed by atoms with Gasteiger partial charge in [-0.1, -0.05) is 31.2 Å². The summed E-state index contributed by atoms with van der Waals surface area (Å²) in [5.41, 5.74) is 8.06. The SMILES string of the molecule is CCOC(=O)[C@H](Cc1ccc(F)cc1)NC(=O)[C@@H](C)Cc1ccc(N)cc1. The fourth-order valence-electron chi connectivity index (χ4n) is 2.71. The molecule has 144 valence electrons.